The van der Waals surface area contributed by atoms with Crippen LogP contribution >= 0.6 is 31.9 Å². The number of carbonyl (C=O) groups excluding carboxylic acids is 1. The zero-order valence-electron chi connectivity index (χ0n) is 21.0. The van der Waals surface area contributed by atoms with E-state index in [-0.39, 0.29) is 22.6 Å². The van der Waals surface area contributed by atoms with Crippen molar-refractivity contribution in [2.45, 2.75) is 59.0 Å². The van der Waals surface area contributed by atoms with Crippen LogP contribution in [0, 0.1) is 0 Å². The maximum Gasteiger partial charge on any atom is 0.340 e. The Bertz CT molecular complexity index is 1380. The Morgan fingerprint density at radius 3 is 1.68 bits per heavy atom. The average molecular weight is 632 g/mol. The standard InChI is InChI=1S/C29H28Br2O6/c1-5-15-17(7-3)25(21(30)12-23(15)32)29(26-18(8-4)16(6-2)24(33)13-22(26)31)20-10-9-14(27(34)35)11-19(20)28(36)37-29/h9-13,32-33H,5-8H2,1-4H3,(H,34,35). The third-order valence-corrected chi connectivity index (χ3v) is 8.44. The second kappa shape index (κ2) is 10.1. The quantitative estimate of drug-likeness (QED) is 0.242. The summed E-state index contributed by atoms with van der Waals surface area (Å²) in [6.45, 7) is 7.87. The van der Waals surface area contributed by atoms with Crippen molar-refractivity contribution in [1.82, 2.24) is 0 Å². The number of carboxylic acid groups (broad SMARTS) is 1. The molecule has 0 fully saturated rings. The number of esters is 1. The van der Waals surface area contributed by atoms with Crippen LogP contribution < -0.4 is 0 Å². The molecular formula is C29H28Br2O6. The molecule has 3 aromatic rings. The number of halogens is 2. The molecule has 0 amide bonds. The van der Waals surface area contributed by atoms with E-state index in [1.54, 1.807) is 18.2 Å². The molecule has 194 valence electrons. The van der Waals surface area contributed by atoms with E-state index in [0.29, 0.717) is 51.3 Å². The molecule has 1 heterocycles. The number of aromatic carboxylic acids is 1. The maximum absolute atomic E-state index is 13.5. The summed E-state index contributed by atoms with van der Waals surface area (Å²) >= 11 is 7.33. The molecule has 0 saturated heterocycles. The molecular weight excluding hydrogens is 604 g/mol. The van der Waals surface area contributed by atoms with Gasteiger partial charge in [0.1, 0.15) is 11.5 Å². The molecule has 0 radical (unpaired) electrons. The van der Waals surface area contributed by atoms with Crippen LogP contribution in [-0.4, -0.2) is 27.3 Å². The van der Waals surface area contributed by atoms with E-state index >= 15 is 0 Å². The summed E-state index contributed by atoms with van der Waals surface area (Å²) in [4.78, 5) is 25.3. The highest BCUT2D eigenvalue weighted by Crippen LogP contribution is 2.55. The van der Waals surface area contributed by atoms with Crippen LogP contribution in [0.25, 0.3) is 0 Å². The average Bonchev–Trinajstić information content (AvgIpc) is 3.14. The van der Waals surface area contributed by atoms with Gasteiger partial charge in [0.25, 0.3) is 0 Å². The van der Waals surface area contributed by atoms with Crippen LogP contribution in [0.3, 0.4) is 0 Å². The highest BCUT2D eigenvalue weighted by atomic mass is 79.9. The number of fused-ring (bicyclic) bond motifs is 1. The first-order valence-electron chi connectivity index (χ1n) is 12.3. The van der Waals surface area contributed by atoms with Crippen LogP contribution in [0.4, 0.5) is 0 Å². The van der Waals surface area contributed by atoms with Gasteiger partial charge in [-0.2, -0.15) is 0 Å². The number of carboxylic acids is 1. The van der Waals surface area contributed by atoms with Crippen LogP contribution in [0.1, 0.15) is 87.4 Å². The van der Waals surface area contributed by atoms with Crippen LogP contribution in [0.15, 0.2) is 39.3 Å². The molecule has 3 aromatic carbocycles. The summed E-state index contributed by atoms with van der Waals surface area (Å²) in [7, 11) is 0. The minimum absolute atomic E-state index is 0.0176. The number of hydrogen-bond acceptors (Lipinski definition) is 5. The maximum atomic E-state index is 13.5. The highest BCUT2D eigenvalue weighted by Gasteiger charge is 2.53. The zero-order valence-corrected chi connectivity index (χ0v) is 24.2. The van der Waals surface area contributed by atoms with Crippen molar-refractivity contribution < 1.29 is 29.6 Å². The van der Waals surface area contributed by atoms with E-state index in [9.17, 15) is 24.9 Å². The third-order valence-electron chi connectivity index (χ3n) is 7.18. The van der Waals surface area contributed by atoms with E-state index in [4.69, 9.17) is 4.74 Å². The second-order valence-electron chi connectivity index (χ2n) is 8.97. The number of cyclic esters (lactones) is 1. The fraction of sp³-hybridized carbons (Fsp3) is 0.310. The summed E-state index contributed by atoms with van der Waals surface area (Å²) < 4.78 is 7.51. The van der Waals surface area contributed by atoms with Gasteiger partial charge in [0.2, 0.25) is 0 Å². The second-order valence-corrected chi connectivity index (χ2v) is 10.7. The van der Waals surface area contributed by atoms with Gasteiger partial charge in [-0.05, 0) is 72.2 Å². The van der Waals surface area contributed by atoms with Crippen molar-refractivity contribution in [2.24, 2.45) is 0 Å². The van der Waals surface area contributed by atoms with Crippen molar-refractivity contribution in [2.75, 3.05) is 0 Å². The molecule has 4 rings (SSSR count). The highest BCUT2D eigenvalue weighted by molar-refractivity contribution is 9.10. The Kier molecular flexibility index (Phi) is 7.45. The summed E-state index contributed by atoms with van der Waals surface area (Å²) in [5.41, 5.74) is 3.68. The molecule has 0 saturated carbocycles. The van der Waals surface area contributed by atoms with E-state index in [1.807, 2.05) is 27.7 Å². The lowest BCUT2D eigenvalue weighted by Gasteiger charge is -2.37. The predicted molar refractivity (Wildman–Crippen MR) is 148 cm³/mol. The number of carbonyl (C=O) groups is 2. The molecule has 0 unspecified atom stereocenters. The third kappa shape index (κ3) is 4.05. The molecule has 0 atom stereocenters. The number of ether oxygens (including phenoxy) is 1. The molecule has 1 aliphatic heterocycles. The number of phenols is 2. The Hall–Kier alpha value is -2.84. The van der Waals surface area contributed by atoms with Crippen molar-refractivity contribution >= 4 is 43.8 Å². The van der Waals surface area contributed by atoms with Gasteiger partial charge in [0.15, 0.2) is 5.60 Å². The van der Waals surface area contributed by atoms with Crippen molar-refractivity contribution in [3.8, 4) is 11.5 Å². The Morgan fingerprint density at radius 1 is 0.811 bits per heavy atom. The van der Waals surface area contributed by atoms with Gasteiger partial charge in [-0.3, -0.25) is 0 Å². The van der Waals surface area contributed by atoms with Gasteiger partial charge < -0.3 is 20.1 Å². The normalized spacial score (nSPS) is 13.9. The molecule has 1 aliphatic rings. The van der Waals surface area contributed by atoms with Gasteiger partial charge in [0.05, 0.1) is 11.1 Å². The number of benzene rings is 3. The molecule has 0 bridgehead atoms. The summed E-state index contributed by atoms with van der Waals surface area (Å²) in [5, 5.41) is 31.2. The number of rotatable bonds is 7. The van der Waals surface area contributed by atoms with Gasteiger partial charge in [-0.1, -0.05) is 65.6 Å². The minimum atomic E-state index is -1.47. The van der Waals surface area contributed by atoms with Crippen molar-refractivity contribution in [3.05, 3.63) is 89.3 Å². The number of aromatic hydroxyl groups is 2. The van der Waals surface area contributed by atoms with E-state index in [2.05, 4.69) is 31.9 Å². The Morgan fingerprint density at radius 2 is 1.27 bits per heavy atom. The summed E-state index contributed by atoms with van der Waals surface area (Å²) in [6, 6.07) is 7.70. The number of phenolic OH excluding ortho intramolecular Hbond substituents is 2. The van der Waals surface area contributed by atoms with Crippen molar-refractivity contribution in [3.63, 3.8) is 0 Å². The topological polar surface area (TPSA) is 104 Å². The SMILES string of the molecule is CCc1c(O)cc(Br)c(C2(c3c(Br)cc(O)c(CC)c3CC)OC(=O)c3cc(C(=O)O)ccc32)c1CC. The van der Waals surface area contributed by atoms with E-state index in [1.165, 1.54) is 12.1 Å². The lowest BCUT2D eigenvalue weighted by atomic mass is 9.73. The number of hydrogen-bond donors (Lipinski definition) is 3. The molecule has 0 aliphatic carbocycles. The fourth-order valence-corrected chi connectivity index (χ4v) is 7.16. The molecule has 0 aromatic heterocycles. The van der Waals surface area contributed by atoms with Gasteiger partial charge in [-0.25, -0.2) is 9.59 Å². The monoisotopic (exact) mass is 630 g/mol. The fourth-order valence-electron chi connectivity index (χ4n) is 5.69. The Labute approximate surface area is 232 Å². The molecule has 8 heteroatoms. The smallest absolute Gasteiger partial charge is 0.340 e. The first-order valence-corrected chi connectivity index (χ1v) is 13.8. The van der Waals surface area contributed by atoms with Gasteiger partial charge >= 0.3 is 11.9 Å². The summed E-state index contributed by atoms with van der Waals surface area (Å²) in [5.74, 6) is -1.50. The largest absolute Gasteiger partial charge is 0.508 e. The first kappa shape index (κ1) is 27.2. The predicted octanol–water partition coefficient (Wildman–Crippen LogP) is 7.03. The minimum Gasteiger partial charge on any atom is -0.508 e. The first-order chi connectivity index (χ1) is 17.6. The van der Waals surface area contributed by atoms with Crippen molar-refractivity contribution in [1.29, 1.82) is 0 Å². The molecule has 6 nitrogen and oxygen atoms in total. The zero-order chi connectivity index (χ0) is 27.2. The molecule has 0 spiro atoms. The lowest BCUT2D eigenvalue weighted by molar-refractivity contribution is 0.0242. The summed E-state index contributed by atoms with van der Waals surface area (Å²) in [6.07, 6.45) is 2.21. The Balaban J connectivity index is 2.29. The van der Waals surface area contributed by atoms with Gasteiger partial charge in [0, 0.05) is 25.6 Å². The molecule has 37 heavy (non-hydrogen) atoms. The van der Waals surface area contributed by atoms with E-state index < -0.39 is 17.5 Å². The van der Waals surface area contributed by atoms with Gasteiger partial charge in [-0.15, -0.1) is 0 Å². The van der Waals surface area contributed by atoms with Crippen LogP contribution in [-0.2, 0) is 36.0 Å². The molecule has 3 N–H and O–H groups in total. The van der Waals surface area contributed by atoms with Crippen LogP contribution in [0.5, 0.6) is 11.5 Å². The van der Waals surface area contributed by atoms with E-state index in [0.717, 1.165) is 22.3 Å². The van der Waals surface area contributed by atoms with Crippen LogP contribution in [0.2, 0.25) is 0 Å². The lowest BCUT2D eigenvalue weighted by Crippen LogP contribution is -2.34.